The zero-order valence-corrected chi connectivity index (χ0v) is 18.0. The van der Waals surface area contributed by atoms with E-state index in [9.17, 15) is 19.7 Å². The van der Waals surface area contributed by atoms with Crippen LogP contribution in [0.15, 0.2) is 53.7 Å². The highest BCUT2D eigenvalue weighted by molar-refractivity contribution is 6.08. The third kappa shape index (κ3) is 3.84. The molecule has 1 aliphatic carbocycles. The van der Waals surface area contributed by atoms with Crippen LogP contribution in [0.5, 0.6) is 11.5 Å². The SMILES string of the molecule is CCOc1ccc(N2C(=O)CC(c3ccc(OC)cc3)C3=C2CCCC3=O)c([N+](=O)[O-])c1. The fourth-order valence-electron chi connectivity index (χ4n) is 4.49. The molecule has 0 N–H and O–H groups in total. The van der Waals surface area contributed by atoms with Crippen molar-refractivity contribution in [2.75, 3.05) is 18.6 Å². The summed E-state index contributed by atoms with van der Waals surface area (Å²) in [7, 11) is 1.58. The molecule has 1 amide bonds. The highest BCUT2D eigenvalue weighted by atomic mass is 16.6. The van der Waals surface area contributed by atoms with Crippen LogP contribution in [0.25, 0.3) is 0 Å². The highest BCUT2D eigenvalue weighted by Gasteiger charge is 2.41. The fraction of sp³-hybridized carbons (Fsp3) is 0.333. The summed E-state index contributed by atoms with van der Waals surface area (Å²) in [5, 5.41) is 11.8. The number of carbonyl (C=O) groups excluding carboxylic acids is 2. The van der Waals surface area contributed by atoms with Crippen molar-refractivity contribution in [3.05, 3.63) is 69.4 Å². The molecule has 32 heavy (non-hydrogen) atoms. The minimum atomic E-state index is -0.522. The van der Waals surface area contributed by atoms with Gasteiger partial charge in [0, 0.05) is 30.0 Å². The Bertz CT molecular complexity index is 1110. The lowest BCUT2D eigenvalue weighted by Gasteiger charge is -2.38. The van der Waals surface area contributed by atoms with E-state index < -0.39 is 4.92 Å². The van der Waals surface area contributed by atoms with E-state index in [1.807, 2.05) is 12.1 Å². The maximum Gasteiger partial charge on any atom is 0.297 e. The Balaban J connectivity index is 1.84. The third-order valence-corrected chi connectivity index (χ3v) is 5.89. The van der Waals surface area contributed by atoms with Crippen molar-refractivity contribution in [3.63, 3.8) is 0 Å². The van der Waals surface area contributed by atoms with Crippen LogP contribution < -0.4 is 14.4 Å². The molecule has 8 nitrogen and oxygen atoms in total. The smallest absolute Gasteiger partial charge is 0.297 e. The molecule has 0 aromatic heterocycles. The van der Waals surface area contributed by atoms with Gasteiger partial charge in [0.1, 0.15) is 17.2 Å². The van der Waals surface area contributed by atoms with Crippen LogP contribution in [0.1, 0.15) is 44.1 Å². The Morgan fingerprint density at radius 1 is 1.09 bits per heavy atom. The summed E-state index contributed by atoms with van der Waals surface area (Å²) in [4.78, 5) is 39.0. The number of hydrogen-bond donors (Lipinski definition) is 0. The van der Waals surface area contributed by atoms with Crippen LogP contribution in [-0.4, -0.2) is 30.3 Å². The number of benzene rings is 2. The second-order valence-electron chi connectivity index (χ2n) is 7.74. The lowest BCUT2D eigenvalue weighted by Crippen LogP contribution is -2.40. The first-order valence-electron chi connectivity index (χ1n) is 10.6. The molecule has 2 aromatic carbocycles. The second kappa shape index (κ2) is 8.82. The number of rotatable bonds is 6. The van der Waals surface area contributed by atoms with Gasteiger partial charge in [-0.3, -0.25) is 24.6 Å². The van der Waals surface area contributed by atoms with Crippen LogP contribution in [0.2, 0.25) is 0 Å². The number of methoxy groups -OCH3 is 1. The highest BCUT2D eigenvalue weighted by Crippen LogP contribution is 2.46. The van der Waals surface area contributed by atoms with Gasteiger partial charge in [-0.15, -0.1) is 0 Å². The van der Waals surface area contributed by atoms with Crippen LogP contribution in [0, 0.1) is 10.1 Å². The molecule has 0 saturated carbocycles. The summed E-state index contributed by atoms with van der Waals surface area (Å²) in [5.41, 5.74) is 1.92. The van der Waals surface area contributed by atoms with Gasteiger partial charge in [-0.2, -0.15) is 0 Å². The molecule has 0 radical (unpaired) electrons. The van der Waals surface area contributed by atoms with E-state index in [0.29, 0.717) is 48.6 Å². The van der Waals surface area contributed by atoms with Gasteiger partial charge < -0.3 is 9.47 Å². The van der Waals surface area contributed by atoms with Gasteiger partial charge in [0.05, 0.1) is 24.7 Å². The number of amides is 1. The summed E-state index contributed by atoms with van der Waals surface area (Å²) in [6, 6.07) is 11.8. The average molecular weight is 436 g/mol. The molecule has 2 aliphatic rings. The van der Waals surface area contributed by atoms with Crippen molar-refractivity contribution in [2.45, 2.75) is 38.5 Å². The quantitative estimate of drug-likeness (QED) is 0.487. The molecule has 1 heterocycles. The van der Waals surface area contributed by atoms with Gasteiger partial charge >= 0.3 is 0 Å². The minimum absolute atomic E-state index is 0.0156. The van der Waals surface area contributed by atoms with Gasteiger partial charge in [0.25, 0.3) is 5.69 Å². The van der Waals surface area contributed by atoms with Crippen molar-refractivity contribution in [1.82, 2.24) is 0 Å². The lowest BCUT2D eigenvalue weighted by atomic mass is 9.77. The predicted molar refractivity (Wildman–Crippen MR) is 118 cm³/mol. The zero-order valence-electron chi connectivity index (χ0n) is 18.0. The Kier molecular flexibility index (Phi) is 5.94. The molecule has 0 spiro atoms. The van der Waals surface area contributed by atoms with Gasteiger partial charge in [-0.25, -0.2) is 0 Å². The van der Waals surface area contributed by atoms with E-state index in [1.165, 1.54) is 17.0 Å². The van der Waals surface area contributed by atoms with Crippen LogP contribution >= 0.6 is 0 Å². The third-order valence-electron chi connectivity index (χ3n) is 5.89. The van der Waals surface area contributed by atoms with Gasteiger partial charge in [-0.1, -0.05) is 12.1 Å². The first-order chi connectivity index (χ1) is 15.4. The number of nitro benzene ring substituents is 1. The number of nitro groups is 1. The Morgan fingerprint density at radius 2 is 1.81 bits per heavy atom. The fourth-order valence-corrected chi connectivity index (χ4v) is 4.49. The molecular formula is C24H24N2O6. The summed E-state index contributed by atoms with van der Waals surface area (Å²) < 4.78 is 10.6. The second-order valence-corrected chi connectivity index (χ2v) is 7.74. The number of nitrogens with zero attached hydrogens (tertiary/aromatic N) is 2. The molecule has 1 unspecified atom stereocenters. The number of ketones is 1. The number of anilines is 1. The van der Waals surface area contributed by atoms with Gasteiger partial charge in [0.2, 0.25) is 5.91 Å². The van der Waals surface area contributed by atoms with E-state index in [-0.39, 0.29) is 35.4 Å². The maximum absolute atomic E-state index is 13.4. The van der Waals surface area contributed by atoms with Gasteiger partial charge in [0.15, 0.2) is 5.78 Å². The summed E-state index contributed by atoms with van der Waals surface area (Å²) in [6.07, 6.45) is 1.56. The Hall–Kier alpha value is -3.68. The van der Waals surface area contributed by atoms with Crippen LogP contribution in [0.4, 0.5) is 11.4 Å². The lowest BCUT2D eigenvalue weighted by molar-refractivity contribution is -0.384. The molecule has 0 fully saturated rings. The topological polar surface area (TPSA) is 99.0 Å². The molecule has 1 aliphatic heterocycles. The zero-order chi connectivity index (χ0) is 22.8. The summed E-state index contributed by atoms with van der Waals surface area (Å²) in [5.74, 6) is 0.378. The monoisotopic (exact) mass is 436 g/mol. The number of Topliss-reactive ketones (excluding diaryl/α,β-unsaturated/α-hetero) is 1. The van der Waals surface area contributed by atoms with E-state index >= 15 is 0 Å². The van der Waals surface area contributed by atoms with E-state index in [2.05, 4.69) is 0 Å². The van der Waals surface area contributed by atoms with Crippen LogP contribution in [-0.2, 0) is 9.59 Å². The number of hydrogen-bond acceptors (Lipinski definition) is 6. The summed E-state index contributed by atoms with van der Waals surface area (Å²) >= 11 is 0. The molecule has 0 bridgehead atoms. The summed E-state index contributed by atoms with van der Waals surface area (Å²) in [6.45, 7) is 2.16. The van der Waals surface area contributed by atoms with Gasteiger partial charge in [-0.05, 0) is 49.6 Å². The molecule has 8 heteroatoms. The molecule has 4 rings (SSSR count). The Morgan fingerprint density at radius 3 is 2.47 bits per heavy atom. The van der Waals surface area contributed by atoms with Crippen molar-refractivity contribution < 1.29 is 24.0 Å². The number of ether oxygens (including phenoxy) is 2. The average Bonchev–Trinajstić information content (AvgIpc) is 2.79. The molecule has 2 aromatic rings. The molecule has 1 atom stereocenters. The Labute approximate surface area is 185 Å². The van der Waals surface area contributed by atoms with Crippen LogP contribution in [0.3, 0.4) is 0 Å². The van der Waals surface area contributed by atoms with E-state index in [0.717, 1.165) is 5.56 Å². The van der Waals surface area contributed by atoms with Crippen molar-refractivity contribution >= 4 is 23.1 Å². The predicted octanol–water partition coefficient (Wildman–Crippen LogP) is 4.53. The number of carbonyl (C=O) groups is 2. The minimum Gasteiger partial charge on any atom is -0.497 e. The number of allylic oxidation sites excluding steroid dienone is 2. The van der Waals surface area contributed by atoms with Crippen molar-refractivity contribution in [1.29, 1.82) is 0 Å². The molecule has 166 valence electrons. The maximum atomic E-state index is 13.4. The molecule has 0 saturated heterocycles. The standard InChI is InChI=1S/C24H24N2O6/c1-3-32-17-11-12-19(21(13-17)26(29)30)25-20-5-4-6-22(27)24(20)18(14-23(25)28)15-7-9-16(31-2)10-8-15/h7-13,18H,3-6,14H2,1-2H3. The largest absolute Gasteiger partial charge is 0.497 e. The van der Waals surface area contributed by atoms with E-state index in [4.69, 9.17) is 9.47 Å². The normalized spacial score (nSPS) is 18.4. The molecular weight excluding hydrogens is 412 g/mol. The van der Waals surface area contributed by atoms with Crippen molar-refractivity contribution in [3.8, 4) is 11.5 Å². The first kappa shape index (κ1) is 21.5. The van der Waals surface area contributed by atoms with Crippen molar-refractivity contribution in [2.24, 2.45) is 0 Å². The first-order valence-corrected chi connectivity index (χ1v) is 10.6. The van der Waals surface area contributed by atoms with E-state index in [1.54, 1.807) is 32.2 Å².